The molecule has 0 saturated heterocycles. The number of aromatic nitrogens is 2. The highest BCUT2D eigenvalue weighted by Gasteiger charge is 2.35. The number of rotatable bonds is 8. The van der Waals surface area contributed by atoms with Gasteiger partial charge in [-0.15, -0.1) is 0 Å². The summed E-state index contributed by atoms with van der Waals surface area (Å²) in [6.45, 7) is 7.53. The van der Waals surface area contributed by atoms with Crippen LogP contribution < -0.4 is 14.8 Å². The van der Waals surface area contributed by atoms with Crippen molar-refractivity contribution in [3.05, 3.63) is 36.3 Å². The van der Waals surface area contributed by atoms with Crippen LogP contribution in [0.4, 0.5) is 10.5 Å². The van der Waals surface area contributed by atoms with Crippen molar-refractivity contribution in [3.8, 4) is 5.75 Å². The smallest absolute Gasteiger partial charge is 0.317 e. The van der Waals surface area contributed by atoms with Gasteiger partial charge in [-0.25, -0.2) is 9.78 Å². The van der Waals surface area contributed by atoms with E-state index in [0.29, 0.717) is 0 Å². The van der Waals surface area contributed by atoms with E-state index in [0.717, 1.165) is 0 Å². The van der Waals surface area contributed by atoms with Crippen molar-refractivity contribution in [3.63, 3.8) is 0 Å². The number of nitrogens with one attached hydrogen (secondary N) is 2. The number of fused-ring (bicyclic) bond motifs is 1. The van der Waals surface area contributed by atoms with Crippen molar-refractivity contribution in [2.45, 2.75) is 50.9 Å². The minimum absolute atomic E-state index is 0.0522. The predicted octanol–water partition coefficient (Wildman–Crippen LogP) is 1.49. The number of benzene rings is 1. The van der Waals surface area contributed by atoms with Gasteiger partial charge in [0.15, 0.2) is 10.8 Å². The summed E-state index contributed by atoms with van der Waals surface area (Å²) in [5, 5.41) is 12.5. The second-order valence-corrected chi connectivity index (χ2v) is 11.4. The molecular weight excluding hydrogens is 500 g/mol. The largest absolute Gasteiger partial charge is 0.485 e. The molecule has 13 heteroatoms. The standard InChI is InChI=1S/C24H36N6O6S/c1-15(2)26-24(33)29(6)11-20-16(3)10-30(17(4)13-31)23(32)18-8-7-9-19(22(18)36-20)27-37(34,35)21-12-28(5)14-25-21/h7-9,12,14-17,20,27,31H,10-11,13H2,1-6H3,(H,26,33)/t16-,17-,20+/m0/s1. The van der Waals surface area contributed by atoms with Gasteiger partial charge in [0, 0.05) is 38.8 Å². The lowest BCUT2D eigenvalue weighted by Crippen LogP contribution is -2.51. The fraction of sp³-hybridized carbons (Fsp3) is 0.542. The SMILES string of the molecule is CC(C)NC(=O)N(C)C[C@H]1Oc2c(NS(=O)(=O)c3cn(C)cn3)cccc2C(=O)N([C@@H](C)CO)C[C@@H]1C. The molecule has 0 fully saturated rings. The van der Waals surface area contributed by atoms with Crippen molar-refractivity contribution >= 4 is 27.6 Å². The van der Waals surface area contributed by atoms with Crippen LogP contribution in [-0.4, -0.2) is 89.7 Å². The maximum atomic E-state index is 13.6. The van der Waals surface area contributed by atoms with Gasteiger partial charge in [0.25, 0.3) is 15.9 Å². The van der Waals surface area contributed by atoms with Crippen LogP contribution in [0.1, 0.15) is 38.1 Å². The summed E-state index contributed by atoms with van der Waals surface area (Å²) >= 11 is 0. The van der Waals surface area contributed by atoms with Crippen LogP contribution in [-0.2, 0) is 17.1 Å². The number of imidazole rings is 1. The normalized spacial score (nSPS) is 18.9. The zero-order valence-electron chi connectivity index (χ0n) is 22.0. The molecule has 0 aliphatic carbocycles. The van der Waals surface area contributed by atoms with E-state index in [1.807, 2.05) is 20.8 Å². The number of nitrogens with zero attached hydrogens (tertiary/aromatic N) is 4. The molecule has 0 unspecified atom stereocenters. The van der Waals surface area contributed by atoms with Gasteiger partial charge in [-0.05, 0) is 32.9 Å². The van der Waals surface area contributed by atoms with E-state index in [1.165, 1.54) is 28.1 Å². The molecule has 2 heterocycles. The zero-order valence-corrected chi connectivity index (χ0v) is 22.8. The molecule has 3 atom stereocenters. The Labute approximate surface area is 217 Å². The molecule has 1 aliphatic rings. The molecule has 3 rings (SSSR count). The number of carbonyl (C=O) groups is 2. The summed E-state index contributed by atoms with van der Waals surface area (Å²) in [7, 11) is -0.787. The summed E-state index contributed by atoms with van der Waals surface area (Å²) in [5.74, 6) is -0.608. The number of ether oxygens (including phenoxy) is 1. The number of para-hydroxylation sites is 1. The zero-order chi connectivity index (χ0) is 27.5. The maximum absolute atomic E-state index is 13.6. The van der Waals surface area contributed by atoms with Crippen LogP contribution in [0.2, 0.25) is 0 Å². The minimum atomic E-state index is -4.08. The van der Waals surface area contributed by atoms with E-state index in [-0.39, 0.29) is 59.7 Å². The minimum Gasteiger partial charge on any atom is -0.485 e. The van der Waals surface area contributed by atoms with Crippen LogP contribution in [0, 0.1) is 5.92 Å². The molecule has 3 amide bonds. The lowest BCUT2D eigenvalue weighted by molar-refractivity contribution is 0.0369. The topological polar surface area (TPSA) is 146 Å². The van der Waals surface area contributed by atoms with Crippen molar-refractivity contribution in [1.29, 1.82) is 0 Å². The maximum Gasteiger partial charge on any atom is 0.317 e. The van der Waals surface area contributed by atoms with Gasteiger partial charge in [0.1, 0.15) is 6.10 Å². The molecule has 3 N–H and O–H groups in total. The molecule has 2 aromatic rings. The van der Waals surface area contributed by atoms with Gasteiger partial charge in [0.05, 0.1) is 36.8 Å². The highest BCUT2D eigenvalue weighted by molar-refractivity contribution is 7.92. The number of aliphatic hydroxyl groups is 1. The molecule has 1 aromatic carbocycles. The number of amides is 3. The fourth-order valence-electron chi connectivity index (χ4n) is 3.98. The van der Waals surface area contributed by atoms with E-state index >= 15 is 0 Å². The van der Waals surface area contributed by atoms with Gasteiger partial charge >= 0.3 is 6.03 Å². The van der Waals surface area contributed by atoms with E-state index in [4.69, 9.17) is 4.74 Å². The van der Waals surface area contributed by atoms with Gasteiger partial charge < -0.3 is 29.5 Å². The molecule has 0 bridgehead atoms. The fourth-order valence-corrected chi connectivity index (χ4v) is 5.02. The molecule has 1 aromatic heterocycles. The highest BCUT2D eigenvalue weighted by Crippen LogP contribution is 2.36. The first kappa shape index (κ1) is 28.3. The Hall–Kier alpha value is -3.32. The molecular formula is C24H36N6O6S. The summed E-state index contributed by atoms with van der Waals surface area (Å²) in [6, 6.07) is 3.78. The Morgan fingerprint density at radius 1 is 1.32 bits per heavy atom. The Morgan fingerprint density at radius 3 is 2.62 bits per heavy atom. The second-order valence-electron chi connectivity index (χ2n) is 9.77. The Bertz CT molecular complexity index is 1230. The molecule has 0 saturated carbocycles. The number of aryl methyl sites for hydroxylation is 1. The van der Waals surface area contributed by atoms with Crippen molar-refractivity contribution < 1.29 is 27.9 Å². The van der Waals surface area contributed by atoms with Crippen LogP contribution in [0.15, 0.2) is 35.7 Å². The number of anilines is 1. The average Bonchev–Trinajstić information content (AvgIpc) is 3.27. The molecule has 12 nitrogen and oxygen atoms in total. The number of likely N-dealkylation sites (N-methyl/N-ethyl adjacent to an activating group) is 1. The third-order valence-corrected chi connectivity index (χ3v) is 7.35. The van der Waals surface area contributed by atoms with Crippen LogP contribution >= 0.6 is 0 Å². The molecule has 0 radical (unpaired) electrons. The highest BCUT2D eigenvalue weighted by atomic mass is 32.2. The van der Waals surface area contributed by atoms with E-state index in [9.17, 15) is 23.1 Å². The Balaban J connectivity index is 2.05. The van der Waals surface area contributed by atoms with Crippen LogP contribution in [0.25, 0.3) is 0 Å². The predicted molar refractivity (Wildman–Crippen MR) is 138 cm³/mol. The number of hydrogen-bond donors (Lipinski definition) is 3. The monoisotopic (exact) mass is 536 g/mol. The molecule has 1 aliphatic heterocycles. The number of hydrogen-bond acceptors (Lipinski definition) is 7. The summed E-state index contributed by atoms with van der Waals surface area (Å²) in [6.07, 6.45) is 2.14. The van der Waals surface area contributed by atoms with Crippen molar-refractivity contribution in [2.75, 3.05) is 31.5 Å². The molecule has 204 valence electrons. The number of urea groups is 1. The second kappa shape index (κ2) is 11.4. The van der Waals surface area contributed by atoms with E-state index in [1.54, 1.807) is 38.1 Å². The van der Waals surface area contributed by atoms with Gasteiger partial charge in [-0.2, -0.15) is 8.42 Å². The van der Waals surface area contributed by atoms with E-state index in [2.05, 4.69) is 15.0 Å². The number of aliphatic hydroxyl groups excluding tert-OH is 1. The number of sulfonamides is 1. The van der Waals surface area contributed by atoms with Crippen molar-refractivity contribution in [1.82, 2.24) is 24.7 Å². The number of carbonyl (C=O) groups excluding carboxylic acids is 2. The Morgan fingerprint density at radius 2 is 2.03 bits per heavy atom. The third-order valence-electron chi connectivity index (χ3n) is 6.10. The van der Waals surface area contributed by atoms with E-state index < -0.39 is 28.1 Å². The summed E-state index contributed by atoms with van der Waals surface area (Å²) in [5.41, 5.74) is 0.217. The third kappa shape index (κ3) is 6.52. The van der Waals surface area contributed by atoms with Crippen LogP contribution in [0.3, 0.4) is 0 Å². The van der Waals surface area contributed by atoms with Crippen molar-refractivity contribution in [2.24, 2.45) is 13.0 Å². The quantitative estimate of drug-likeness (QED) is 0.463. The lowest BCUT2D eigenvalue weighted by Gasteiger charge is -2.38. The van der Waals surface area contributed by atoms with Gasteiger partial charge in [-0.1, -0.05) is 13.0 Å². The summed E-state index contributed by atoms with van der Waals surface area (Å²) < 4.78 is 36.4. The van der Waals surface area contributed by atoms with Gasteiger partial charge in [-0.3, -0.25) is 9.52 Å². The first-order chi connectivity index (χ1) is 17.3. The van der Waals surface area contributed by atoms with Crippen LogP contribution in [0.5, 0.6) is 5.75 Å². The molecule has 0 spiro atoms. The average molecular weight is 537 g/mol. The first-order valence-corrected chi connectivity index (χ1v) is 13.6. The summed E-state index contributed by atoms with van der Waals surface area (Å²) in [4.78, 5) is 33.1. The molecule has 37 heavy (non-hydrogen) atoms. The lowest BCUT2D eigenvalue weighted by atomic mass is 9.99. The first-order valence-electron chi connectivity index (χ1n) is 12.1. The van der Waals surface area contributed by atoms with Gasteiger partial charge in [0.2, 0.25) is 0 Å². The Kier molecular flexibility index (Phi) is 8.69.